The fourth-order valence-electron chi connectivity index (χ4n) is 1.95. The summed E-state index contributed by atoms with van der Waals surface area (Å²) in [4.78, 5) is 14.4. The van der Waals surface area contributed by atoms with Gasteiger partial charge in [-0.3, -0.25) is 4.79 Å². The summed E-state index contributed by atoms with van der Waals surface area (Å²) in [5.74, 6) is 0.654. The first-order valence-corrected chi connectivity index (χ1v) is 6.91. The van der Waals surface area contributed by atoms with Crippen molar-refractivity contribution in [2.75, 3.05) is 27.2 Å². The molecule has 2 unspecified atom stereocenters. The van der Waals surface area contributed by atoms with Gasteiger partial charge in [-0.15, -0.1) is 0 Å². The van der Waals surface area contributed by atoms with Gasteiger partial charge in [-0.05, 0) is 39.8 Å². The van der Waals surface area contributed by atoms with Gasteiger partial charge < -0.3 is 16.0 Å². The van der Waals surface area contributed by atoms with Crippen LogP contribution in [0.25, 0.3) is 0 Å². The number of carbonyl (C=O) groups excluding carboxylic acids is 1. The van der Waals surface area contributed by atoms with Crippen LogP contribution in [0.15, 0.2) is 0 Å². The smallest absolute Gasteiger partial charge is 0.227 e. The molecule has 3 N–H and O–H groups in total. The van der Waals surface area contributed by atoms with Gasteiger partial charge in [0.25, 0.3) is 0 Å². The van der Waals surface area contributed by atoms with Gasteiger partial charge in [-0.1, -0.05) is 20.8 Å². The predicted octanol–water partition coefficient (Wildman–Crippen LogP) is 1.45. The third-order valence-corrected chi connectivity index (χ3v) is 3.46. The van der Waals surface area contributed by atoms with Crippen LogP contribution in [0.3, 0.4) is 0 Å². The number of likely N-dealkylation sites (N-methyl/N-ethyl adjacent to an activating group) is 1. The van der Waals surface area contributed by atoms with Gasteiger partial charge in [-0.2, -0.15) is 0 Å². The quantitative estimate of drug-likeness (QED) is 0.692. The molecule has 0 rings (SSSR count). The van der Waals surface area contributed by atoms with Gasteiger partial charge in [0, 0.05) is 19.1 Å². The van der Waals surface area contributed by atoms with E-state index in [9.17, 15) is 4.79 Å². The van der Waals surface area contributed by atoms with E-state index in [1.54, 1.807) is 0 Å². The first-order valence-electron chi connectivity index (χ1n) is 6.91. The predicted molar refractivity (Wildman–Crippen MR) is 77.4 cm³/mol. The molecule has 2 atom stereocenters. The zero-order valence-electron chi connectivity index (χ0n) is 12.9. The zero-order valence-corrected chi connectivity index (χ0v) is 12.9. The van der Waals surface area contributed by atoms with Crippen molar-refractivity contribution in [1.29, 1.82) is 0 Å². The third-order valence-electron chi connectivity index (χ3n) is 3.46. The second kappa shape index (κ2) is 7.74. The topological polar surface area (TPSA) is 58.4 Å². The second-order valence-electron chi connectivity index (χ2n) is 6.18. The molecule has 0 saturated carbocycles. The molecular formula is C14H31N3O. The number of amides is 1. The number of hydrogen-bond donors (Lipinski definition) is 2. The van der Waals surface area contributed by atoms with Gasteiger partial charge in [0.05, 0.1) is 5.41 Å². The van der Waals surface area contributed by atoms with Crippen molar-refractivity contribution in [3.63, 3.8) is 0 Å². The Morgan fingerprint density at radius 1 is 1.39 bits per heavy atom. The Bertz CT molecular complexity index is 237. The van der Waals surface area contributed by atoms with E-state index >= 15 is 0 Å². The molecule has 4 heteroatoms. The molecule has 0 aliphatic heterocycles. The van der Waals surface area contributed by atoms with Crippen LogP contribution in [0.5, 0.6) is 0 Å². The number of nitrogens with one attached hydrogen (secondary N) is 1. The highest BCUT2D eigenvalue weighted by Crippen LogP contribution is 2.20. The minimum Gasteiger partial charge on any atom is -0.352 e. The van der Waals surface area contributed by atoms with Gasteiger partial charge in [0.1, 0.15) is 0 Å². The fraction of sp³-hybridized carbons (Fsp3) is 0.929. The molecule has 108 valence electrons. The summed E-state index contributed by atoms with van der Waals surface area (Å²) in [6, 6.07) is 0.199. The van der Waals surface area contributed by atoms with Crippen molar-refractivity contribution >= 4 is 5.91 Å². The molecule has 0 bridgehead atoms. The lowest BCUT2D eigenvalue weighted by molar-refractivity contribution is -0.130. The average molecular weight is 257 g/mol. The van der Waals surface area contributed by atoms with Crippen molar-refractivity contribution in [3.05, 3.63) is 0 Å². The highest BCUT2D eigenvalue weighted by Gasteiger charge is 2.31. The van der Waals surface area contributed by atoms with Crippen LogP contribution in [0.1, 0.15) is 40.5 Å². The minimum absolute atomic E-state index is 0.0833. The van der Waals surface area contributed by atoms with E-state index in [0.717, 1.165) is 19.4 Å². The number of hydrogen-bond acceptors (Lipinski definition) is 3. The molecule has 1 amide bonds. The number of nitrogens with two attached hydrogens (primary N) is 1. The Kier molecular flexibility index (Phi) is 7.48. The Morgan fingerprint density at radius 2 is 1.94 bits per heavy atom. The average Bonchev–Trinajstić information content (AvgIpc) is 2.25. The maximum absolute atomic E-state index is 12.3. The van der Waals surface area contributed by atoms with E-state index in [4.69, 9.17) is 5.73 Å². The molecule has 4 nitrogen and oxygen atoms in total. The van der Waals surface area contributed by atoms with E-state index in [1.165, 1.54) is 0 Å². The lowest BCUT2D eigenvalue weighted by Crippen LogP contribution is -2.50. The molecule has 0 radical (unpaired) electrons. The van der Waals surface area contributed by atoms with Crippen LogP contribution in [0, 0.1) is 11.3 Å². The fourth-order valence-corrected chi connectivity index (χ4v) is 1.95. The standard InChI is InChI=1S/C14H31N3O/c1-7-14(4,10-15)13(18)16-12(8-11(2)3)9-17(5)6/h11-12H,7-10,15H2,1-6H3,(H,16,18). The van der Waals surface area contributed by atoms with Crippen LogP contribution < -0.4 is 11.1 Å². The maximum atomic E-state index is 12.3. The molecule has 0 aliphatic rings. The Balaban J connectivity index is 4.60. The van der Waals surface area contributed by atoms with Crippen molar-refractivity contribution in [3.8, 4) is 0 Å². The van der Waals surface area contributed by atoms with E-state index in [-0.39, 0.29) is 11.9 Å². The lowest BCUT2D eigenvalue weighted by Gasteiger charge is -2.30. The molecule has 18 heavy (non-hydrogen) atoms. The zero-order chi connectivity index (χ0) is 14.3. The van der Waals surface area contributed by atoms with Crippen LogP contribution in [0.2, 0.25) is 0 Å². The van der Waals surface area contributed by atoms with Crippen LogP contribution in [-0.2, 0) is 4.79 Å². The van der Waals surface area contributed by atoms with Gasteiger partial charge >= 0.3 is 0 Å². The minimum atomic E-state index is -0.443. The summed E-state index contributed by atoms with van der Waals surface area (Å²) in [7, 11) is 4.06. The summed E-state index contributed by atoms with van der Waals surface area (Å²) in [6.45, 7) is 9.56. The van der Waals surface area contributed by atoms with Crippen molar-refractivity contribution < 1.29 is 4.79 Å². The van der Waals surface area contributed by atoms with Crippen LogP contribution in [0.4, 0.5) is 0 Å². The van der Waals surface area contributed by atoms with E-state index < -0.39 is 5.41 Å². The molecule has 0 aliphatic carbocycles. The monoisotopic (exact) mass is 257 g/mol. The molecule has 0 heterocycles. The third kappa shape index (κ3) is 5.83. The van der Waals surface area contributed by atoms with Crippen molar-refractivity contribution in [1.82, 2.24) is 10.2 Å². The lowest BCUT2D eigenvalue weighted by atomic mass is 9.86. The normalized spacial score (nSPS) is 16.7. The summed E-state index contributed by atoms with van der Waals surface area (Å²) in [6.07, 6.45) is 1.76. The first-order chi connectivity index (χ1) is 8.25. The molecule has 0 fully saturated rings. The maximum Gasteiger partial charge on any atom is 0.227 e. The summed E-state index contributed by atoms with van der Waals surface area (Å²) in [5, 5.41) is 3.16. The van der Waals surface area contributed by atoms with E-state index in [2.05, 4.69) is 24.1 Å². The Labute approximate surface area is 112 Å². The van der Waals surface area contributed by atoms with E-state index in [1.807, 2.05) is 27.9 Å². The Morgan fingerprint density at radius 3 is 2.28 bits per heavy atom. The largest absolute Gasteiger partial charge is 0.352 e. The van der Waals surface area contributed by atoms with Crippen molar-refractivity contribution in [2.24, 2.45) is 17.1 Å². The summed E-state index contributed by atoms with van der Waals surface area (Å²) in [5.41, 5.74) is 5.28. The van der Waals surface area contributed by atoms with Crippen LogP contribution >= 0.6 is 0 Å². The molecule has 0 saturated heterocycles. The molecule has 0 spiro atoms. The highest BCUT2D eigenvalue weighted by atomic mass is 16.2. The van der Waals surface area contributed by atoms with Gasteiger partial charge in [-0.25, -0.2) is 0 Å². The number of carbonyl (C=O) groups is 1. The summed E-state index contributed by atoms with van der Waals surface area (Å²) >= 11 is 0. The molecule has 0 aromatic rings. The molecule has 0 aromatic carbocycles. The van der Waals surface area contributed by atoms with Gasteiger partial charge in [0.15, 0.2) is 0 Å². The summed E-state index contributed by atoms with van der Waals surface area (Å²) < 4.78 is 0. The van der Waals surface area contributed by atoms with Crippen molar-refractivity contribution in [2.45, 2.75) is 46.6 Å². The van der Waals surface area contributed by atoms with Crippen LogP contribution in [-0.4, -0.2) is 44.0 Å². The highest BCUT2D eigenvalue weighted by molar-refractivity contribution is 5.82. The Hall–Kier alpha value is -0.610. The SMILES string of the molecule is CCC(C)(CN)C(=O)NC(CC(C)C)CN(C)C. The van der Waals surface area contributed by atoms with Gasteiger partial charge in [0.2, 0.25) is 5.91 Å². The first kappa shape index (κ1) is 17.4. The number of nitrogens with zero attached hydrogens (tertiary/aromatic N) is 1. The number of rotatable bonds is 8. The van der Waals surface area contributed by atoms with E-state index in [0.29, 0.717) is 12.5 Å². The molecular weight excluding hydrogens is 226 g/mol. The second-order valence-corrected chi connectivity index (χ2v) is 6.18. The molecule has 0 aromatic heterocycles.